The molecule has 2 fully saturated rings. The van der Waals surface area contributed by atoms with Crippen LogP contribution in [-0.2, 0) is 16.4 Å². The van der Waals surface area contributed by atoms with Crippen molar-refractivity contribution in [3.05, 3.63) is 33.3 Å². The van der Waals surface area contributed by atoms with Crippen LogP contribution in [0.4, 0.5) is 0 Å². The molecule has 0 amide bonds. The van der Waals surface area contributed by atoms with Gasteiger partial charge in [0.2, 0.25) is 10.0 Å². The van der Waals surface area contributed by atoms with Gasteiger partial charge in [-0.1, -0.05) is 27.5 Å². The first-order valence-electron chi connectivity index (χ1n) is 10.9. The highest BCUT2D eigenvalue weighted by atomic mass is 79.9. The van der Waals surface area contributed by atoms with Crippen LogP contribution >= 0.6 is 27.5 Å². The molecule has 1 saturated heterocycles. The number of nitrogens with zero attached hydrogens (tertiary/aromatic N) is 1. The third kappa shape index (κ3) is 8.13. The topological polar surface area (TPSA) is 49.4 Å². The lowest BCUT2D eigenvalue weighted by Crippen LogP contribution is -2.37. The van der Waals surface area contributed by atoms with E-state index < -0.39 is 10.0 Å². The third-order valence-electron chi connectivity index (χ3n) is 6.54. The van der Waals surface area contributed by atoms with Crippen molar-refractivity contribution in [2.75, 3.05) is 25.9 Å². The second-order valence-electron chi connectivity index (χ2n) is 8.97. The number of hydrogen-bond donors (Lipinski definition) is 1. The maximum atomic E-state index is 11.4. The first-order chi connectivity index (χ1) is 13.8. The lowest BCUT2D eigenvalue weighted by atomic mass is 9.83. The van der Waals surface area contributed by atoms with Gasteiger partial charge in [-0.2, -0.15) is 0 Å². The van der Waals surface area contributed by atoms with Crippen LogP contribution < -0.4 is 4.72 Å². The first kappa shape index (κ1) is 23.5. The molecule has 0 aromatic heterocycles. The molecule has 164 valence electrons. The van der Waals surface area contributed by atoms with Crippen LogP contribution in [0.3, 0.4) is 0 Å². The molecule has 1 saturated carbocycles. The van der Waals surface area contributed by atoms with Gasteiger partial charge in [-0.05, 0) is 113 Å². The largest absolute Gasteiger partial charge is 0.303 e. The van der Waals surface area contributed by atoms with Gasteiger partial charge in [-0.3, -0.25) is 0 Å². The van der Waals surface area contributed by atoms with Gasteiger partial charge in [-0.15, -0.1) is 0 Å². The van der Waals surface area contributed by atoms with Gasteiger partial charge in [0.25, 0.3) is 0 Å². The highest BCUT2D eigenvalue weighted by Gasteiger charge is 2.24. The molecule has 1 aliphatic carbocycles. The van der Waals surface area contributed by atoms with Crippen molar-refractivity contribution in [1.82, 2.24) is 9.62 Å². The molecule has 1 aromatic rings. The number of sulfonamides is 1. The summed E-state index contributed by atoms with van der Waals surface area (Å²) >= 11 is 9.81. The van der Waals surface area contributed by atoms with E-state index in [-0.39, 0.29) is 6.04 Å². The average Bonchev–Trinajstić information content (AvgIpc) is 2.66. The molecule has 1 aromatic carbocycles. The summed E-state index contributed by atoms with van der Waals surface area (Å²) in [6.45, 7) is 3.61. The number of benzene rings is 1. The molecule has 4 nitrogen and oxygen atoms in total. The summed E-state index contributed by atoms with van der Waals surface area (Å²) in [6, 6.07) is 6.24. The molecule has 3 rings (SSSR count). The maximum Gasteiger partial charge on any atom is 0.208 e. The Balaban J connectivity index is 1.30. The first-order valence-corrected chi connectivity index (χ1v) is 14.0. The van der Waals surface area contributed by atoms with Crippen LogP contribution in [0.2, 0.25) is 5.02 Å². The van der Waals surface area contributed by atoms with E-state index in [9.17, 15) is 8.42 Å². The Morgan fingerprint density at radius 2 is 1.79 bits per heavy atom. The molecular weight excluding hydrogens is 472 g/mol. The fourth-order valence-corrected chi connectivity index (χ4v) is 6.34. The van der Waals surface area contributed by atoms with Gasteiger partial charge in [0, 0.05) is 15.5 Å². The van der Waals surface area contributed by atoms with Crippen LogP contribution in [-0.4, -0.2) is 45.2 Å². The summed E-state index contributed by atoms with van der Waals surface area (Å²) < 4.78 is 26.7. The monoisotopic (exact) mass is 504 g/mol. The summed E-state index contributed by atoms with van der Waals surface area (Å²) in [5.41, 5.74) is 1.33. The Morgan fingerprint density at radius 1 is 1.10 bits per heavy atom. The smallest absolute Gasteiger partial charge is 0.208 e. The highest BCUT2D eigenvalue weighted by Crippen LogP contribution is 2.30. The Kier molecular flexibility index (Phi) is 8.87. The zero-order valence-corrected chi connectivity index (χ0v) is 20.5. The lowest BCUT2D eigenvalue weighted by Gasteiger charge is -2.33. The van der Waals surface area contributed by atoms with Crippen LogP contribution in [0.25, 0.3) is 0 Å². The standard InChI is InChI=1S/C22H34BrClN2O2S/c1-29(27,28)25-21-7-4-17(5-8-21)3-2-12-26-13-10-18(11-14-26)15-19-16-20(24)6-9-22(19)23/h6,9,16-18,21,25H,2-5,7-8,10-15H2,1H3/t17-,21-. The minimum atomic E-state index is -3.07. The second kappa shape index (κ2) is 10.9. The van der Waals surface area contributed by atoms with E-state index in [2.05, 4.69) is 37.7 Å². The molecule has 0 spiro atoms. The predicted octanol–water partition coefficient (Wildman–Crippen LogP) is 5.25. The zero-order chi connectivity index (χ0) is 20.9. The van der Waals surface area contributed by atoms with Gasteiger partial charge in [0.15, 0.2) is 0 Å². The molecule has 0 radical (unpaired) electrons. The summed E-state index contributed by atoms with van der Waals surface area (Å²) in [5, 5.41) is 0.821. The van der Waals surface area contributed by atoms with E-state index in [1.54, 1.807) is 0 Å². The number of nitrogens with one attached hydrogen (secondary N) is 1. The Bertz CT molecular complexity index is 758. The number of likely N-dealkylation sites (tertiary alicyclic amines) is 1. The Morgan fingerprint density at radius 3 is 2.45 bits per heavy atom. The summed E-state index contributed by atoms with van der Waals surface area (Å²) in [6.07, 6.45) is 11.7. The van der Waals surface area contributed by atoms with E-state index in [1.165, 1.54) is 61.6 Å². The fraction of sp³-hybridized carbons (Fsp3) is 0.727. The van der Waals surface area contributed by atoms with Crippen molar-refractivity contribution in [2.45, 2.75) is 63.8 Å². The molecule has 1 N–H and O–H groups in total. The molecule has 2 aliphatic rings. The van der Waals surface area contributed by atoms with Gasteiger partial charge in [0.1, 0.15) is 0 Å². The van der Waals surface area contributed by atoms with Crippen molar-refractivity contribution < 1.29 is 8.42 Å². The van der Waals surface area contributed by atoms with E-state index >= 15 is 0 Å². The van der Waals surface area contributed by atoms with E-state index in [1.807, 2.05) is 6.07 Å². The Labute approximate surface area is 190 Å². The number of piperidine rings is 1. The fourth-order valence-electron chi connectivity index (χ4n) is 4.90. The van der Waals surface area contributed by atoms with Crippen molar-refractivity contribution in [3.63, 3.8) is 0 Å². The van der Waals surface area contributed by atoms with Gasteiger partial charge in [0.05, 0.1) is 6.26 Å². The minimum absolute atomic E-state index is 0.153. The quantitative estimate of drug-likeness (QED) is 0.525. The number of rotatable bonds is 8. The van der Waals surface area contributed by atoms with Gasteiger partial charge < -0.3 is 4.90 Å². The second-order valence-corrected chi connectivity index (χ2v) is 12.0. The van der Waals surface area contributed by atoms with Gasteiger partial charge >= 0.3 is 0 Å². The minimum Gasteiger partial charge on any atom is -0.303 e. The van der Waals surface area contributed by atoms with E-state index in [0.717, 1.165) is 49.0 Å². The maximum absolute atomic E-state index is 11.4. The van der Waals surface area contributed by atoms with Gasteiger partial charge in [-0.25, -0.2) is 13.1 Å². The van der Waals surface area contributed by atoms with Crippen LogP contribution in [0.1, 0.15) is 56.9 Å². The van der Waals surface area contributed by atoms with Crippen molar-refractivity contribution in [2.24, 2.45) is 11.8 Å². The number of halogens is 2. The summed E-state index contributed by atoms with van der Waals surface area (Å²) in [7, 11) is -3.07. The lowest BCUT2D eigenvalue weighted by molar-refractivity contribution is 0.175. The molecule has 0 atom stereocenters. The number of hydrogen-bond acceptors (Lipinski definition) is 3. The van der Waals surface area contributed by atoms with Crippen LogP contribution in [0, 0.1) is 11.8 Å². The van der Waals surface area contributed by atoms with E-state index in [0.29, 0.717) is 0 Å². The van der Waals surface area contributed by atoms with Crippen LogP contribution in [0.5, 0.6) is 0 Å². The average molecular weight is 506 g/mol. The van der Waals surface area contributed by atoms with Crippen molar-refractivity contribution in [3.8, 4) is 0 Å². The predicted molar refractivity (Wildman–Crippen MR) is 125 cm³/mol. The normalized spacial score (nSPS) is 24.7. The summed E-state index contributed by atoms with van der Waals surface area (Å²) in [5.74, 6) is 1.52. The van der Waals surface area contributed by atoms with Crippen molar-refractivity contribution in [1.29, 1.82) is 0 Å². The molecule has 0 bridgehead atoms. The van der Waals surface area contributed by atoms with Crippen LogP contribution in [0.15, 0.2) is 22.7 Å². The molecular formula is C22H34BrClN2O2S. The zero-order valence-electron chi connectivity index (χ0n) is 17.4. The van der Waals surface area contributed by atoms with Crippen molar-refractivity contribution >= 4 is 37.6 Å². The highest BCUT2D eigenvalue weighted by molar-refractivity contribution is 9.10. The molecule has 1 heterocycles. The third-order valence-corrected chi connectivity index (χ3v) is 8.31. The molecule has 29 heavy (non-hydrogen) atoms. The Hall–Kier alpha value is -0.140. The molecule has 0 unspecified atom stereocenters. The SMILES string of the molecule is CS(=O)(=O)N[C@H]1CC[C@H](CCCN2CCC(Cc3cc(Cl)ccc3Br)CC2)CC1. The molecule has 7 heteroatoms. The summed E-state index contributed by atoms with van der Waals surface area (Å²) in [4.78, 5) is 2.63. The van der Waals surface area contributed by atoms with E-state index in [4.69, 9.17) is 11.6 Å². The molecule has 1 aliphatic heterocycles.